The van der Waals surface area contributed by atoms with Crippen molar-refractivity contribution in [1.82, 2.24) is 9.88 Å². The van der Waals surface area contributed by atoms with E-state index in [0.717, 1.165) is 22.5 Å². The number of benzene rings is 2. The molecule has 0 saturated carbocycles. The van der Waals surface area contributed by atoms with Crippen molar-refractivity contribution in [3.63, 3.8) is 0 Å². The Morgan fingerprint density at radius 3 is 2.35 bits per heavy atom. The number of anilines is 2. The van der Waals surface area contributed by atoms with Gasteiger partial charge in [-0.05, 0) is 82.5 Å². The van der Waals surface area contributed by atoms with Crippen LogP contribution in [0.5, 0.6) is 11.5 Å². The number of hydrogen-bond acceptors (Lipinski definition) is 7. The van der Waals surface area contributed by atoms with Crippen LogP contribution in [0.2, 0.25) is 5.02 Å². The molecule has 0 aliphatic carbocycles. The number of nitrogens with one attached hydrogen (secondary N) is 1. The molecule has 0 spiro atoms. The molecular weight excluding hydrogens is 656 g/mol. The second kappa shape index (κ2) is 13.8. The molecule has 1 aliphatic heterocycles. The first kappa shape index (κ1) is 34.9. The molecule has 248 valence electrons. The standard InChI is InChI=1S/C30H31ClF4N4O6S/c1-17-13-18(32)5-6-24(17)44-25-16-22(30(33,34)35)23(31)15-21(25)27(40)37-19-7-10-36-26(14-19)39(46(42)43)20-8-11-38(12-9-20)28(41)45-29(2,3)4/h5-7,10,13-16,20H,8-9,11-12H2,1-4H3,(H,42,43)(H,36,37,40)/p-1. The predicted octanol–water partition coefficient (Wildman–Crippen LogP) is 7.25. The molecule has 46 heavy (non-hydrogen) atoms. The Hall–Kier alpha value is -3.95. The molecule has 1 aliphatic rings. The molecule has 1 fully saturated rings. The van der Waals surface area contributed by atoms with Gasteiger partial charge in [-0.3, -0.25) is 13.3 Å². The van der Waals surface area contributed by atoms with Crippen LogP contribution in [-0.4, -0.2) is 55.4 Å². The minimum Gasteiger partial charge on any atom is -0.755 e. The van der Waals surface area contributed by atoms with E-state index in [-0.39, 0.29) is 54.3 Å². The van der Waals surface area contributed by atoms with Gasteiger partial charge in [0.2, 0.25) is 0 Å². The molecule has 2 aromatic carbocycles. The summed E-state index contributed by atoms with van der Waals surface area (Å²) < 4.78 is 91.3. The molecule has 1 saturated heterocycles. The Morgan fingerprint density at radius 2 is 1.76 bits per heavy atom. The van der Waals surface area contributed by atoms with Crippen molar-refractivity contribution in [3.05, 3.63) is 76.2 Å². The SMILES string of the molecule is Cc1cc(F)ccc1Oc1cc(C(F)(F)F)c(Cl)cc1C(=O)Nc1ccnc(N(C2CCN(C(=O)OC(C)(C)C)CC2)S(=O)[O-])c1. The second-order valence-electron chi connectivity index (χ2n) is 11.4. The average Bonchev–Trinajstić information content (AvgIpc) is 2.94. The molecule has 4 rings (SSSR count). The van der Waals surface area contributed by atoms with Gasteiger partial charge in [0, 0.05) is 48.3 Å². The van der Waals surface area contributed by atoms with E-state index < -0.39 is 63.2 Å². The summed E-state index contributed by atoms with van der Waals surface area (Å²) in [6, 6.07) is 6.81. The van der Waals surface area contributed by atoms with Crippen molar-refractivity contribution in [2.75, 3.05) is 22.7 Å². The molecule has 1 atom stereocenters. The summed E-state index contributed by atoms with van der Waals surface area (Å²) in [5, 5.41) is 1.76. The first-order valence-electron chi connectivity index (χ1n) is 13.9. The molecule has 0 bridgehead atoms. The van der Waals surface area contributed by atoms with Crippen molar-refractivity contribution in [3.8, 4) is 11.5 Å². The fraction of sp³-hybridized carbons (Fsp3) is 0.367. The normalized spacial score (nSPS) is 14.9. The maximum absolute atomic E-state index is 13.7. The zero-order valence-corrected chi connectivity index (χ0v) is 26.7. The molecule has 1 unspecified atom stereocenters. The van der Waals surface area contributed by atoms with Crippen LogP contribution in [0.4, 0.5) is 33.9 Å². The van der Waals surface area contributed by atoms with Crippen LogP contribution in [0.25, 0.3) is 0 Å². The molecule has 10 nitrogen and oxygen atoms in total. The van der Waals surface area contributed by atoms with Gasteiger partial charge < -0.3 is 24.2 Å². The van der Waals surface area contributed by atoms with E-state index in [1.807, 2.05) is 0 Å². The molecule has 1 aromatic heterocycles. The van der Waals surface area contributed by atoms with E-state index in [0.29, 0.717) is 6.07 Å². The highest BCUT2D eigenvalue weighted by Gasteiger charge is 2.36. The second-order valence-corrected chi connectivity index (χ2v) is 12.7. The van der Waals surface area contributed by atoms with Crippen LogP contribution in [-0.2, 0) is 22.2 Å². The van der Waals surface area contributed by atoms with E-state index in [1.54, 1.807) is 20.8 Å². The zero-order valence-electron chi connectivity index (χ0n) is 25.1. The molecule has 2 heterocycles. The van der Waals surface area contributed by atoms with Gasteiger partial charge in [-0.25, -0.2) is 14.2 Å². The third-order valence-electron chi connectivity index (χ3n) is 6.81. The van der Waals surface area contributed by atoms with Gasteiger partial charge in [-0.1, -0.05) is 11.6 Å². The quantitative estimate of drug-likeness (QED) is 0.205. The van der Waals surface area contributed by atoms with Crippen LogP contribution in [0.15, 0.2) is 48.7 Å². The summed E-state index contributed by atoms with van der Waals surface area (Å²) in [6.45, 7) is 7.16. The Labute approximate surface area is 270 Å². The highest BCUT2D eigenvalue weighted by atomic mass is 35.5. The number of hydrogen-bond donors (Lipinski definition) is 1. The van der Waals surface area contributed by atoms with Gasteiger partial charge in [0.05, 0.1) is 16.1 Å². The third kappa shape index (κ3) is 8.65. The number of ether oxygens (including phenoxy) is 2. The molecule has 3 aromatic rings. The van der Waals surface area contributed by atoms with E-state index >= 15 is 0 Å². The highest BCUT2D eigenvalue weighted by Crippen LogP contribution is 2.40. The summed E-state index contributed by atoms with van der Waals surface area (Å²) in [6.07, 6.45) is -3.58. The third-order valence-corrected chi connectivity index (χ3v) is 7.93. The number of alkyl halides is 3. The predicted molar refractivity (Wildman–Crippen MR) is 162 cm³/mol. The maximum Gasteiger partial charge on any atom is 0.417 e. The minimum atomic E-state index is -4.87. The fourth-order valence-corrected chi connectivity index (χ4v) is 5.67. The van der Waals surface area contributed by atoms with Crippen molar-refractivity contribution in [2.24, 2.45) is 0 Å². The molecule has 2 amide bonds. The number of pyridine rings is 1. The minimum absolute atomic E-state index is 0.00313. The van der Waals surface area contributed by atoms with Gasteiger partial charge in [-0.15, -0.1) is 0 Å². The molecular formula is C30H30ClF4N4O6S-. The van der Waals surface area contributed by atoms with Crippen LogP contribution in [0.1, 0.15) is 55.1 Å². The van der Waals surface area contributed by atoms with Gasteiger partial charge in [0.25, 0.3) is 5.91 Å². The van der Waals surface area contributed by atoms with Crippen LogP contribution < -0.4 is 14.4 Å². The Kier molecular flexibility index (Phi) is 10.5. The van der Waals surface area contributed by atoms with Crippen molar-refractivity contribution >= 4 is 46.4 Å². The number of carbonyl (C=O) groups excluding carboxylic acids is 2. The molecule has 16 heteroatoms. The fourth-order valence-electron chi connectivity index (χ4n) is 4.69. The number of halogens is 5. The molecule has 1 N–H and O–H groups in total. The van der Waals surface area contributed by atoms with Crippen LogP contribution in [0, 0.1) is 12.7 Å². The van der Waals surface area contributed by atoms with Crippen LogP contribution >= 0.6 is 11.6 Å². The first-order chi connectivity index (χ1) is 21.4. The number of piperidine rings is 1. The lowest BCUT2D eigenvalue weighted by atomic mass is 10.1. The number of amides is 2. The number of carbonyl (C=O) groups is 2. The summed E-state index contributed by atoms with van der Waals surface area (Å²) >= 11 is 3.13. The number of rotatable bonds is 7. The van der Waals surface area contributed by atoms with Gasteiger partial charge >= 0.3 is 12.3 Å². The lowest BCUT2D eigenvalue weighted by Crippen LogP contribution is -2.48. The lowest BCUT2D eigenvalue weighted by molar-refractivity contribution is -0.137. The summed E-state index contributed by atoms with van der Waals surface area (Å²) in [5.74, 6) is -2.06. The first-order valence-corrected chi connectivity index (χ1v) is 15.3. The van der Waals surface area contributed by atoms with Crippen molar-refractivity contribution in [2.45, 2.75) is 58.4 Å². The number of nitrogens with zero attached hydrogens (tertiary/aromatic N) is 3. The summed E-state index contributed by atoms with van der Waals surface area (Å²) in [5.41, 5.74) is -1.99. The summed E-state index contributed by atoms with van der Waals surface area (Å²) in [4.78, 5) is 31.5. The molecule has 0 radical (unpaired) electrons. The number of likely N-dealkylation sites (tertiary alicyclic amines) is 1. The van der Waals surface area contributed by atoms with Crippen molar-refractivity contribution in [1.29, 1.82) is 0 Å². The van der Waals surface area contributed by atoms with Crippen LogP contribution in [0.3, 0.4) is 0 Å². The highest BCUT2D eigenvalue weighted by molar-refractivity contribution is 7.80. The van der Waals surface area contributed by atoms with Crippen molar-refractivity contribution < 1.29 is 45.4 Å². The van der Waals surface area contributed by atoms with Gasteiger partial charge in [-0.2, -0.15) is 13.2 Å². The smallest absolute Gasteiger partial charge is 0.417 e. The van der Waals surface area contributed by atoms with E-state index in [4.69, 9.17) is 21.1 Å². The maximum atomic E-state index is 13.7. The lowest BCUT2D eigenvalue weighted by Gasteiger charge is -2.39. The Balaban J connectivity index is 1.58. The number of aryl methyl sites for hydroxylation is 1. The monoisotopic (exact) mass is 685 g/mol. The largest absolute Gasteiger partial charge is 0.755 e. The van der Waals surface area contributed by atoms with E-state index in [2.05, 4.69) is 10.3 Å². The average molecular weight is 686 g/mol. The topological polar surface area (TPSA) is 124 Å². The Morgan fingerprint density at radius 1 is 1.09 bits per heavy atom. The van der Waals surface area contributed by atoms with Gasteiger partial charge in [0.15, 0.2) is 0 Å². The summed E-state index contributed by atoms with van der Waals surface area (Å²) in [7, 11) is 0. The number of aromatic nitrogens is 1. The van der Waals surface area contributed by atoms with E-state index in [1.165, 1.54) is 36.2 Å². The van der Waals surface area contributed by atoms with E-state index in [9.17, 15) is 35.9 Å². The zero-order chi connectivity index (χ0) is 34.0. The Bertz CT molecular complexity index is 1640. The van der Waals surface area contributed by atoms with Gasteiger partial charge in [0.1, 0.15) is 28.7 Å².